The fourth-order valence-electron chi connectivity index (χ4n) is 3.13. The number of carbonyl (C=O) groups excluding carboxylic acids is 1. The predicted octanol–water partition coefficient (Wildman–Crippen LogP) is 2.89. The maximum atomic E-state index is 12.2. The van der Waals surface area contributed by atoms with Crippen LogP contribution in [0.4, 0.5) is 10.5 Å². The van der Waals surface area contributed by atoms with Gasteiger partial charge in [-0.1, -0.05) is 31.4 Å². The first-order chi connectivity index (χ1) is 9.68. The molecular weight excluding hydrogens is 250 g/mol. The van der Waals surface area contributed by atoms with Crippen LogP contribution in [0, 0.1) is 0 Å². The van der Waals surface area contributed by atoms with Crippen molar-refractivity contribution in [2.75, 3.05) is 5.73 Å². The molecule has 2 aliphatic carbocycles. The minimum atomic E-state index is -0.186. The molecule has 0 radical (unpaired) electrons. The molecule has 0 spiro atoms. The topological polar surface area (TPSA) is 67.1 Å². The van der Waals surface area contributed by atoms with Gasteiger partial charge in [-0.15, -0.1) is 0 Å². The van der Waals surface area contributed by atoms with Gasteiger partial charge >= 0.3 is 6.03 Å². The zero-order valence-electron chi connectivity index (χ0n) is 11.8. The van der Waals surface area contributed by atoms with E-state index in [2.05, 4.69) is 10.6 Å². The quantitative estimate of drug-likeness (QED) is 0.741. The molecule has 2 amide bonds. The van der Waals surface area contributed by atoms with Crippen LogP contribution >= 0.6 is 0 Å². The van der Waals surface area contributed by atoms with Gasteiger partial charge in [-0.3, -0.25) is 0 Å². The number of nitrogens with two attached hydrogens (primary N) is 1. The highest BCUT2D eigenvalue weighted by Gasteiger charge is 2.45. The molecule has 0 unspecified atom stereocenters. The first-order valence-electron chi connectivity index (χ1n) is 7.63. The number of hydrogen-bond acceptors (Lipinski definition) is 2. The van der Waals surface area contributed by atoms with Crippen molar-refractivity contribution in [2.24, 2.45) is 0 Å². The SMILES string of the molecule is Nc1cccc(C2(NC(=O)NC3CCCCC3)CC2)c1. The van der Waals surface area contributed by atoms with Crippen molar-refractivity contribution < 1.29 is 4.79 Å². The van der Waals surface area contributed by atoms with Crippen molar-refractivity contribution in [3.63, 3.8) is 0 Å². The minimum absolute atomic E-state index is 0.0307. The van der Waals surface area contributed by atoms with Crippen LogP contribution in [0.1, 0.15) is 50.5 Å². The standard InChI is InChI=1S/C16H23N3O/c17-13-6-4-5-12(11-13)16(9-10-16)19-15(20)18-14-7-2-1-3-8-14/h4-6,11,14H,1-3,7-10,17H2,(H2,18,19,20). The first-order valence-corrected chi connectivity index (χ1v) is 7.63. The Hall–Kier alpha value is -1.71. The Labute approximate surface area is 120 Å². The normalized spacial score (nSPS) is 21.2. The van der Waals surface area contributed by atoms with Gasteiger partial charge in [0.25, 0.3) is 0 Å². The second kappa shape index (κ2) is 5.35. The van der Waals surface area contributed by atoms with Crippen LogP contribution in [0.5, 0.6) is 0 Å². The third-order valence-corrected chi connectivity index (χ3v) is 4.48. The van der Waals surface area contributed by atoms with Crippen LogP contribution in [-0.2, 0) is 5.54 Å². The molecule has 0 saturated heterocycles. The van der Waals surface area contributed by atoms with Gasteiger partial charge in [-0.2, -0.15) is 0 Å². The van der Waals surface area contributed by atoms with Gasteiger partial charge in [0.05, 0.1) is 5.54 Å². The van der Waals surface area contributed by atoms with E-state index in [1.807, 2.05) is 24.3 Å². The Morgan fingerprint density at radius 2 is 1.95 bits per heavy atom. The van der Waals surface area contributed by atoms with Crippen molar-refractivity contribution in [1.82, 2.24) is 10.6 Å². The Kier molecular flexibility index (Phi) is 3.55. The predicted molar refractivity (Wildman–Crippen MR) is 80.3 cm³/mol. The van der Waals surface area contributed by atoms with Gasteiger partial charge in [0, 0.05) is 11.7 Å². The van der Waals surface area contributed by atoms with Crippen LogP contribution in [-0.4, -0.2) is 12.1 Å². The van der Waals surface area contributed by atoms with E-state index in [1.165, 1.54) is 19.3 Å². The van der Waals surface area contributed by atoms with Crippen LogP contribution in [0.2, 0.25) is 0 Å². The monoisotopic (exact) mass is 273 g/mol. The molecule has 4 heteroatoms. The molecule has 4 nitrogen and oxygen atoms in total. The number of benzene rings is 1. The minimum Gasteiger partial charge on any atom is -0.399 e. The van der Waals surface area contributed by atoms with Gasteiger partial charge in [0.1, 0.15) is 0 Å². The lowest BCUT2D eigenvalue weighted by Crippen LogP contribution is -2.46. The van der Waals surface area contributed by atoms with Crippen LogP contribution < -0.4 is 16.4 Å². The molecule has 1 aromatic rings. The van der Waals surface area contributed by atoms with Gasteiger partial charge in [0.15, 0.2) is 0 Å². The molecule has 2 fully saturated rings. The highest BCUT2D eigenvalue weighted by molar-refractivity contribution is 5.76. The van der Waals surface area contributed by atoms with E-state index in [4.69, 9.17) is 5.73 Å². The van der Waals surface area contributed by atoms with Gasteiger partial charge in [-0.25, -0.2) is 4.79 Å². The van der Waals surface area contributed by atoms with E-state index < -0.39 is 0 Å². The number of rotatable bonds is 3. The molecule has 20 heavy (non-hydrogen) atoms. The summed E-state index contributed by atoms with van der Waals surface area (Å²) >= 11 is 0. The van der Waals surface area contributed by atoms with E-state index in [1.54, 1.807) is 0 Å². The van der Waals surface area contributed by atoms with Crippen molar-refractivity contribution in [3.8, 4) is 0 Å². The molecule has 0 atom stereocenters. The second-order valence-electron chi connectivity index (χ2n) is 6.14. The van der Waals surface area contributed by atoms with E-state index in [-0.39, 0.29) is 11.6 Å². The van der Waals surface area contributed by atoms with Gasteiger partial charge in [-0.05, 0) is 43.4 Å². The third kappa shape index (κ3) is 2.89. The molecule has 108 valence electrons. The van der Waals surface area contributed by atoms with Crippen LogP contribution in [0.15, 0.2) is 24.3 Å². The number of nitrogens with one attached hydrogen (secondary N) is 2. The summed E-state index contributed by atoms with van der Waals surface area (Å²) in [6.07, 6.45) is 7.96. The largest absolute Gasteiger partial charge is 0.399 e. The second-order valence-corrected chi connectivity index (χ2v) is 6.14. The van der Waals surface area contributed by atoms with E-state index in [0.29, 0.717) is 6.04 Å². The third-order valence-electron chi connectivity index (χ3n) is 4.48. The maximum Gasteiger partial charge on any atom is 0.315 e. The number of amides is 2. The smallest absolute Gasteiger partial charge is 0.315 e. The average Bonchev–Trinajstić information content (AvgIpc) is 3.20. The summed E-state index contributed by atoms with van der Waals surface area (Å²) in [5, 5.41) is 6.27. The maximum absolute atomic E-state index is 12.2. The summed E-state index contributed by atoms with van der Waals surface area (Å²) in [6.45, 7) is 0. The molecule has 3 rings (SSSR count). The highest BCUT2D eigenvalue weighted by atomic mass is 16.2. The highest BCUT2D eigenvalue weighted by Crippen LogP contribution is 2.45. The van der Waals surface area contributed by atoms with Crippen molar-refractivity contribution in [1.29, 1.82) is 0 Å². The lowest BCUT2D eigenvalue weighted by Gasteiger charge is -2.25. The molecule has 4 N–H and O–H groups in total. The summed E-state index contributed by atoms with van der Waals surface area (Å²) in [5.41, 5.74) is 7.52. The van der Waals surface area contributed by atoms with Gasteiger partial charge in [0.2, 0.25) is 0 Å². The fourth-order valence-corrected chi connectivity index (χ4v) is 3.13. The lowest BCUT2D eigenvalue weighted by molar-refractivity contribution is 0.227. The van der Waals surface area contributed by atoms with Crippen molar-refractivity contribution in [2.45, 2.75) is 56.5 Å². The Morgan fingerprint density at radius 3 is 2.60 bits per heavy atom. The summed E-state index contributed by atoms with van der Waals surface area (Å²) in [7, 11) is 0. The van der Waals surface area contributed by atoms with E-state index in [0.717, 1.165) is 36.9 Å². The van der Waals surface area contributed by atoms with Crippen LogP contribution in [0.25, 0.3) is 0 Å². The number of urea groups is 1. The van der Waals surface area contributed by atoms with Crippen LogP contribution in [0.3, 0.4) is 0 Å². The Balaban J connectivity index is 1.60. The van der Waals surface area contributed by atoms with Gasteiger partial charge < -0.3 is 16.4 Å². The van der Waals surface area contributed by atoms with Crippen molar-refractivity contribution in [3.05, 3.63) is 29.8 Å². The Bertz CT molecular complexity index is 490. The molecule has 0 aromatic heterocycles. The Morgan fingerprint density at radius 1 is 1.20 bits per heavy atom. The van der Waals surface area contributed by atoms with E-state index >= 15 is 0 Å². The first kappa shape index (κ1) is 13.3. The number of carbonyl (C=O) groups is 1. The molecule has 0 heterocycles. The molecule has 2 aliphatic rings. The summed E-state index contributed by atoms with van der Waals surface area (Å²) in [5.74, 6) is 0. The summed E-state index contributed by atoms with van der Waals surface area (Å²) in [6, 6.07) is 8.16. The zero-order valence-corrected chi connectivity index (χ0v) is 11.8. The van der Waals surface area contributed by atoms with Crippen molar-refractivity contribution >= 4 is 11.7 Å². The van der Waals surface area contributed by atoms with E-state index in [9.17, 15) is 4.79 Å². The molecule has 1 aromatic carbocycles. The summed E-state index contributed by atoms with van der Waals surface area (Å²) < 4.78 is 0. The number of anilines is 1. The average molecular weight is 273 g/mol. The lowest BCUT2D eigenvalue weighted by atomic mass is 9.96. The number of nitrogen functional groups attached to an aromatic ring is 1. The summed E-state index contributed by atoms with van der Waals surface area (Å²) in [4.78, 5) is 12.2. The number of hydrogen-bond donors (Lipinski definition) is 3. The molecule has 0 aliphatic heterocycles. The zero-order chi connectivity index (χ0) is 14.0. The molecular formula is C16H23N3O. The fraction of sp³-hybridized carbons (Fsp3) is 0.562. The molecule has 2 saturated carbocycles. The molecule has 0 bridgehead atoms.